The SMILES string of the molecule is C=CC(=O)OCCNC(=O)Oc1cccc2c(Oc3ccccc3)cccc12. The standard InChI is InChI=1S/C22H19NO5/c1-2-21(24)26-15-14-23-22(25)28-20-13-7-10-17-18(20)11-6-12-19(17)27-16-8-4-3-5-9-16/h2-13H,1,14-15H2,(H,23,25). The molecule has 28 heavy (non-hydrogen) atoms. The van der Waals surface area contributed by atoms with Crippen LogP contribution < -0.4 is 14.8 Å². The van der Waals surface area contributed by atoms with Crippen molar-refractivity contribution in [1.82, 2.24) is 5.32 Å². The summed E-state index contributed by atoms with van der Waals surface area (Å²) in [6.45, 7) is 3.46. The van der Waals surface area contributed by atoms with E-state index in [1.807, 2.05) is 54.6 Å². The number of esters is 1. The summed E-state index contributed by atoms with van der Waals surface area (Å²) in [7, 11) is 0. The van der Waals surface area contributed by atoms with Crippen LogP contribution in [-0.4, -0.2) is 25.2 Å². The van der Waals surface area contributed by atoms with E-state index in [9.17, 15) is 9.59 Å². The highest BCUT2D eigenvalue weighted by Gasteiger charge is 2.11. The molecule has 142 valence electrons. The fourth-order valence-electron chi connectivity index (χ4n) is 2.55. The summed E-state index contributed by atoms with van der Waals surface area (Å²) in [5.41, 5.74) is 0. The molecule has 0 aliphatic heterocycles. The van der Waals surface area contributed by atoms with Gasteiger partial charge in [0.25, 0.3) is 0 Å². The highest BCUT2D eigenvalue weighted by molar-refractivity contribution is 5.94. The Morgan fingerprint density at radius 2 is 1.57 bits per heavy atom. The fraction of sp³-hybridized carbons (Fsp3) is 0.0909. The molecule has 6 nitrogen and oxygen atoms in total. The Morgan fingerprint density at radius 3 is 2.29 bits per heavy atom. The number of para-hydroxylation sites is 1. The van der Waals surface area contributed by atoms with Crippen LogP contribution in [0.15, 0.2) is 79.4 Å². The molecule has 0 heterocycles. The van der Waals surface area contributed by atoms with Crippen LogP contribution in [0.2, 0.25) is 0 Å². The van der Waals surface area contributed by atoms with Crippen molar-refractivity contribution in [2.75, 3.05) is 13.2 Å². The first kappa shape index (κ1) is 19.0. The van der Waals surface area contributed by atoms with Crippen LogP contribution in [0.25, 0.3) is 10.8 Å². The van der Waals surface area contributed by atoms with E-state index in [4.69, 9.17) is 14.2 Å². The van der Waals surface area contributed by atoms with E-state index in [1.54, 1.807) is 12.1 Å². The zero-order chi connectivity index (χ0) is 19.8. The third-order valence-corrected chi connectivity index (χ3v) is 3.80. The second kappa shape index (κ2) is 9.23. The minimum Gasteiger partial charge on any atom is -0.461 e. The van der Waals surface area contributed by atoms with Crippen molar-refractivity contribution in [3.63, 3.8) is 0 Å². The van der Waals surface area contributed by atoms with E-state index in [0.29, 0.717) is 17.2 Å². The van der Waals surface area contributed by atoms with Gasteiger partial charge in [-0.15, -0.1) is 0 Å². The number of carbonyl (C=O) groups excluding carboxylic acids is 2. The van der Waals surface area contributed by atoms with Gasteiger partial charge < -0.3 is 19.5 Å². The number of carbonyl (C=O) groups is 2. The minimum absolute atomic E-state index is 0.0323. The molecule has 0 aliphatic rings. The average molecular weight is 377 g/mol. The molecule has 3 aromatic rings. The number of hydrogen-bond acceptors (Lipinski definition) is 5. The molecule has 0 radical (unpaired) electrons. The van der Waals surface area contributed by atoms with Gasteiger partial charge in [0.05, 0.1) is 6.54 Å². The number of fused-ring (bicyclic) bond motifs is 1. The molecular formula is C22H19NO5. The van der Waals surface area contributed by atoms with E-state index in [0.717, 1.165) is 16.8 Å². The largest absolute Gasteiger partial charge is 0.461 e. The molecule has 3 rings (SSSR count). The van der Waals surface area contributed by atoms with E-state index in [2.05, 4.69) is 11.9 Å². The van der Waals surface area contributed by atoms with Gasteiger partial charge in [-0.25, -0.2) is 9.59 Å². The maximum Gasteiger partial charge on any atom is 0.412 e. The third kappa shape index (κ3) is 4.88. The molecule has 0 spiro atoms. The molecule has 1 N–H and O–H groups in total. The normalized spacial score (nSPS) is 10.1. The first-order chi connectivity index (χ1) is 13.7. The van der Waals surface area contributed by atoms with Gasteiger partial charge in [0.2, 0.25) is 0 Å². The smallest absolute Gasteiger partial charge is 0.412 e. The van der Waals surface area contributed by atoms with Gasteiger partial charge in [0, 0.05) is 16.8 Å². The zero-order valence-electron chi connectivity index (χ0n) is 15.1. The Morgan fingerprint density at radius 1 is 0.893 bits per heavy atom. The van der Waals surface area contributed by atoms with Crippen molar-refractivity contribution in [3.05, 3.63) is 79.4 Å². The lowest BCUT2D eigenvalue weighted by Crippen LogP contribution is -2.30. The van der Waals surface area contributed by atoms with Crippen LogP contribution in [0, 0.1) is 0 Å². The molecule has 6 heteroatoms. The first-order valence-electron chi connectivity index (χ1n) is 8.67. The number of hydrogen-bond donors (Lipinski definition) is 1. The van der Waals surface area contributed by atoms with Crippen LogP contribution >= 0.6 is 0 Å². The van der Waals surface area contributed by atoms with Crippen molar-refractivity contribution < 1.29 is 23.8 Å². The molecular weight excluding hydrogens is 358 g/mol. The Kier molecular flexibility index (Phi) is 6.25. The molecule has 0 unspecified atom stereocenters. The van der Waals surface area contributed by atoms with E-state index >= 15 is 0 Å². The van der Waals surface area contributed by atoms with Gasteiger partial charge >= 0.3 is 12.1 Å². The van der Waals surface area contributed by atoms with Gasteiger partial charge in [-0.05, 0) is 24.3 Å². The zero-order valence-corrected chi connectivity index (χ0v) is 15.1. The van der Waals surface area contributed by atoms with E-state index in [1.165, 1.54) is 0 Å². The number of benzene rings is 3. The van der Waals surface area contributed by atoms with Gasteiger partial charge in [0.15, 0.2) is 0 Å². The molecule has 0 saturated carbocycles. The second-order valence-corrected chi connectivity index (χ2v) is 5.71. The predicted molar refractivity (Wildman–Crippen MR) is 106 cm³/mol. The van der Waals surface area contributed by atoms with E-state index < -0.39 is 12.1 Å². The van der Waals surface area contributed by atoms with Crippen LogP contribution in [0.1, 0.15) is 0 Å². The fourth-order valence-corrected chi connectivity index (χ4v) is 2.55. The minimum atomic E-state index is -0.642. The second-order valence-electron chi connectivity index (χ2n) is 5.71. The Bertz CT molecular complexity index is 985. The number of ether oxygens (including phenoxy) is 3. The highest BCUT2D eigenvalue weighted by Crippen LogP contribution is 2.34. The monoisotopic (exact) mass is 377 g/mol. The van der Waals surface area contributed by atoms with Crippen LogP contribution in [-0.2, 0) is 9.53 Å². The Labute approximate surface area is 162 Å². The molecule has 0 bridgehead atoms. The highest BCUT2D eigenvalue weighted by atomic mass is 16.6. The molecule has 3 aromatic carbocycles. The number of rotatable bonds is 7. The van der Waals surface area contributed by atoms with Crippen molar-refractivity contribution in [2.24, 2.45) is 0 Å². The first-order valence-corrected chi connectivity index (χ1v) is 8.67. The summed E-state index contributed by atoms with van der Waals surface area (Å²) >= 11 is 0. The summed E-state index contributed by atoms with van der Waals surface area (Å²) in [6.07, 6.45) is 0.417. The Balaban J connectivity index is 1.70. The van der Waals surface area contributed by atoms with Gasteiger partial charge in [0.1, 0.15) is 23.9 Å². The number of amides is 1. The van der Waals surface area contributed by atoms with Crippen molar-refractivity contribution in [2.45, 2.75) is 0 Å². The summed E-state index contributed by atoms with van der Waals surface area (Å²) in [6, 6.07) is 20.4. The van der Waals surface area contributed by atoms with Gasteiger partial charge in [-0.3, -0.25) is 0 Å². The third-order valence-electron chi connectivity index (χ3n) is 3.80. The molecule has 1 amide bonds. The lowest BCUT2D eigenvalue weighted by Gasteiger charge is -2.12. The lowest BCUT2D eigenvalue weighted by molar-refractivity contribution is -0.137. The molecule has 0 saturated heterocycles. The van der Waals surface area contributed by atoms with Gasteiger partial charge in [-0.2, -0.15) is 0 Å². The lowest BCUT2D eigenvalue weighted by atomic mass is 10.1. The summed E-state index contributed by atoms with van der Waals surface area (Å²) in [5.74, 6) is 1.23. The topological polar surface area (TPSA) is 73.9 Å². The molecule has 0 atom stereocenters. The quantitative estimate of drug-likeness (QED) is 0.374. The maximum absolute atomic E-state index is 12.0. The molecule has 0 aliphatic carbocycles. The van der Waals surface area contributed by atoms with Crippen molar-refractivity contribution in [3.8, 4) is 17.2 Å². The maximum atomic E-state index is 12.0. The molecule has 0 aromatic heterocycles. The van der Waals surface area contributed by atoms with E-state index in [-0.39, 0.29) is 13.2 Å². The van der Waals surface area contributed by atoms with Crippen LogP contribution in [0.4, 0.5) is 4.79 Å². The molecule has 0 fully saturated rings. The van der Waals surface area contributed by atoms with Gasteiger partial charge in [-0.1, -0.05) is 49.0 Å². The average Bonchev–Trinajstić information content (AvgIpc) is 2.72. The Hall–Kier alpha value is -3.80. The predicted octanol–water partition coefficient (Wildman–Crippen LogP) is 4.45. The summed E-state index contributed by atoms with van der Waals surface area (Å²) < 4.78 is 16.1. The van der Waals surface area contributed by atoms with Crippen molar-refractivity contribution in [1.29, 1.82) is 0 Å². The number of nitrogens with one attached hydrogen (secondary N) is 1. The van der Waals surface area contributed by atoms with Crippen LogP contribution in [0.5, 0.6) is 17.2 Å². The summed E-state index contributed by atoms with van der Waals surface area (Å²) in [5, 5.41) is 4.08. The summed E-state index contributed by atoms with van der Waals surface area (Å²) in [4.78, 5) is 23.0. The van der Waals surface area contributed by atoms with Crippen LogP contribution in [0.3, 0.4) is 0 Å². The van der Waals surface area contributed by atoms with Crippen molar-refractivity contribution >= 4 is 22.8 Å².